The van der Waals surface area contributed by atoms with E-state index in [0.717, 1.165) is 30.3 Å². The Balaban J connectivity index is 1.90. The molecule has 1 N–H and O–H groups in total. The van der Waals surface area contributed by atoms with Gasteiger partial charge in [-0.05, 0) is 55.0 Å². The molecule has 2 aromatic carbocycles. The molecule has 148 valence electrons. The fourth-order valence-corrected chi connectivity index (χ4v) is 2.16. The molecule has 0 aliphatic rings. The smallest absolute Gasteiger partial charge is 0.416 e. The molecule has 5 nitrogen and oxygen atoms in total. The second kappa shape index (κ2) is 9.07. The van der Waals surface area contributed by atoms with E-state index in [1.165, 1.54) is 20.1 Å². The summed E-state index contributed by atoms with van der Waals surface area (Å²) in [5.41, 5.74) is 0.0404. The lowest BCUT2D eigenvalue weighted by Gasteiger charge is -2.13. The number of hydrogen-bond donors (Lipinski definition) is 1. The summed E-state index contributed by atoms with van der Waals surface area (Å²) in [7, 11) is 1.52. The fraction of sp³-hybridized carbons (Fsp3) is 0.200. The van der Waals surface area contributed by atoms with Gasteiger partial charge in [0.25, 0.3) is 5.91 Å². The van der Waals surface area contributed by atoms with Crippen molar-refractivity contribution >= 4 is 23.6 Å². The number of amides is 1. The third-order valence-corrected chi connectivity index (χ3v) is 3.65. The van der Waals surface area contributed by atoms with E-state index < -0.39 is 29.7 Å². The van der Waals surface area contributed by atoms with E-state index in [4.69, 9.17) is 9.47 Å². The Morgan fingerprint density at radius 3 is 2.39 bits per heavy atom. The Bertz CT molecular complexity index is 860. The van der Waals surface area contributed by atoms with Crippen LogP contribution in [0.3, 0.4) is 0 Å². The van der Waals surface area contributed by atoms with Crippen LogP contribution in [0.15, 0.2) is 54.6 Å². The Labute approximate surface area is 159 Å². The van der Waals surface area contributed by atoms with Gasteiger partial charge in [0.1, 0.15) is 5.75 Å². The summed E-state index contributed by atoms with van der Waals surface area (Å²) in [6, 6.07) is 10.9. The molecular weight excluding hydrogens is 375 g/mol. The van der Waals surface area contributed by atoms with Crippen LogP contribution in [0.2, 0.25) is 0 Å². The first-order chi connectivity index (χ1) is 13.2. The molecule has 0 fully saturated rings. The highest BCUT2D eigenvalue weighted by Crippen LogP contribution is 2.29. The standard InChI is InChI=1S/C20H18F3NO4/c1-13(19(26)24-16-9-7-15(8-10-16)20(21,22)23)28-18(25)11-6-14-4-3-5-17(12-14)27-2/h3-13H,1-2H3,(H,24,26)/b11-6+/t13-/m1/s1. The SMILES string of the molecule is COc1cccc(/C=C/C(=O)O[C@H](C)C(=O)Nc2ccc(C(F)(F)F)cc2)c1. The lowest BCUT2D eigenvalue weighted by Crippen LogP contribution is -2.29. The number of benzene rings is 2. The number of alkyl halides is 3. The van der Waals surface area contributed by atoms with Gasteiger partial charge in [-0.2, -0.15) is 13.2 Å². The number of methoxy groups -OCH3 is 1. The molecule has 1 amide bonds. The molecule has 0 heterocycles. The van der Waals surface area contributed by atoms with Crippen LogP contribution in [0.1, 0.15) is 18.1 Å². The second-order valence-electron chi connectivity index (χ2n) is 5.75. The maximum Gasteiger partial charge on any atom is 0.416 e. The zero-order valence-corrected chi connectivity index (χ0v) is 15.1. The van der Waals surface area contributed by atoms with Gasteiger partial charge >= 0.3 is 12.1 Å². The molecule has 0 saturated heterocycles. The number of esters is 1. The van der Waals surface area contributed by atoms with Crippen molar-refractivity contribution in [2.45, 2.75) is 19.2 Å². The van der Waals surface area contributed by atoms with Gasteiger partial charge in [-0.15, -0.1) is 0 Å². The summed E-state index contributed by atoms with van der Waals surface area (Å²) >= 11 is 0. The van der Waals surface area contributed by atoms with Gasteiger partial charge in [-0.3, -0.25) is 4.79 Å². The summed E-state index contributed by atoms with van der Waals surface area (Å²) in [6.07, 6.45) is -2.92. The van der Waals surface area contributed by atoms with Crippen molar-refractivity contribution in [3.05, 3.63) is 65.7 Å². The van der Waals surface area contributed by atoms with E-state index in [9.17, 15) is 22.8 Å². The molecule has 0 radical (unpaired) electrons. The third-order valence-electron chi connectivity index (χ3n) is 3.65. The molecule has 2 aromatic rings. The van der Waals surface area contributed by atoms with Crippen LogP contribution in [0, 0.1) is 0 Å². The minimum Gasteiger partial charge on any atom is -0.497 e. The lowest BCUT2D eigenvalue weighted by molar-refractivity contribution is -0.148. The molecule has 28 heavy (non-hydrogen) atoms. The number of hydrogen-bond acceptors (Lipinski definition) is 4. The summed E-state index contributed by atoms with van der Waals surface area (Å²) < 4.78 is 47.7. The number of halogens is 3. The predicted octanol–water partition coefficient (Wildman–Crippen LogP) is 4.30. The Hall–Kier alpha value is -3.29. The number of ether oxygens (including phenoxy) is 2. The minimum absolute atomic E-state index is 0.160. The van der Waals surface area contributed by atoms with Gasteiger partial charge < -0.3 is 14.8 Å². The van der Waals surface area contributed by atoms with Gasteiger partial charge in [-0.25, -0.2) is 4.79 Å². The van der Waals surface area contributed by atoms with E-state index in [-0.39, 0.29) is 5.69 Å². The fourth-order valence-electron chi connectivity index (χ4n) is 2.16. The van der Waals surface area contributed by atoms with Crippen LogP contribution in [0.4, 0.5) is 18.9 Å². The highest BCUT2D eigenvalue weighted by molar-refractivity contribution is 5.96. The molecule has 0 spiro atoms. The molecule has 0 aliphatic carbocycles. The van der Waals surface area contributed by atoms with Gasteiger partial charge in [0, 0.05) is 11.8 Å². The Morgan fingerprint density at radius 2 is 1.79 bits per heavy atom. The molecule has 0 unspecified atom stereocenters. The average molecular weight is 393 g/mol. The summed E-state index contributed by atoms with van der Waals surface area (Å²) in [6.45, 7) is 1.36. The first-order valence-corrected chi connectivity index (χ1v) is 8.20. The van der Waals surface area contributed by atoms with Gasteiger partial charge in [0.2, 0.25) is 0 Å². The lowest BCUT2D eigenvalue weighted by atomic mass is 10.2. The molecule has 0 aromatic heterocycles. The summed E-state index contributed by atoms with van der Waals surface area (Å²) in [5, 5.41) is 2.39. The van der Waals surface area contributed by atoms with Crippen molar-refractivity contribution in [2.75, 3.05) is 12.4 Å². The maximum atomic E-state index is 12.5. The van der Waals surface area contributed by atoms with Crippen LogP contribution in [0.5, 0.6) is 5.75 Å². The van der Waals surface area contributed by atoms with Crippen molar-refractivity contribution in [1.82, 2.24) is 0 Å². The number of rotatable bonds is 6. The molecule has 0 bridgehead atoms. The van der Waals surface area contributed by atoms with Crippen LogP contribution >= 0.6 is 0 Å². The molecule has 8 heteroatoms. The second-order valence-corrected chi connectivity index (χ2v) is 5.75. The van der Waals surface area contributed by atoms with E-state index >= 15 is 0 Å². The molecule has 2 rings (SSSR count). The van der Waals surface area contributed by atoms with Gasteiger partial charge in [-0.1, -0.05) is 12.1 Å². The van der Waals surface area contributed by atoms with Crippen molar-refractivity contribution in [1.29, 1.82) is 0 Å². The zero-order valence-electron chi connectivity index (χ0n) is 15.1. The van der Waals surface area contributed by atoms with Crippen LogP contribution in [-0.4, -0.2) is 25.1 Å². The highest BCUT2D eigenvalue weighted by atomic mass is 19.4. The summed E-state index contributed by atoms with van der Waals surface area (Å²) in [5.74, 6) is -0.777. The third kappa shape index (κ3) is 6.15. The first kappa shape index (κ1) is 21.0. The van der Waals surface area contributed by atoms with Crippen LogP contribution in [-0.2, 0) is 20.5 Å². The van der Waals surface area contributed by atoms with Gasteiger partial charge in [0.05, 0.1) is 12.7 Å². The molecule has 1 atom stereocenters. The van der Waals surface area contributed by atoms with Crippen molar-refractivity contribution in [2.24, 2.45) is 0 Å². The first-order valence-electron chi connectivity index (χ1n) is 8.20. The predicted molar refractivity (Wildman–Crippen MR) is 97.7 cm³/mol. The van der Waals surface area contributed by atoms with E-state index in [1.54, 1.807) is 24.3 Å². The number of anilines is 1. The van der Waals surface area contributed by atoms with E-state index in [1.807, 2.05) is 0 Å². The minimum atomic E-state index is -4.46. The Kier molecular flexibility index (Phi) is 6.81. The molecule has 0 saturated carbocycles. The maximum absolute atomic E-state index is 12.5. The van der Waals surface area contributed by atoms with Crippen LogP contribution < -0.4 is 10.1 Å². The zero-order chi connectivity index (χ0) is 20.7. The van der Waals surface area contributed by atoms with Crippen molar-refractivity contribution in [3.63, 3.8) is 0 Å². The Morgan fingerprint density at radius 1 is 1.11 bits per heavy atom. The van der Waals surface area contributed by atoms with Crippen molar-refractivity contribution in [3.8, 4) is 5.75 Å². The largest absolute Gasteiger partial charge is 0.497 e. The van der Waals surface area contributed by atoms with Gasteiger partial charge in [0.15, 0.2) is 6.10 Å². The average Bonchev–Trinajstić information content (AvgIpc) is 2.66. The normalized spacial score (nSPS) is 12.5. The van der Waals surface area contributed by atoms with Crippen LogP contribution in [0.25, 0.3) is 6.08 Å². The quantitative estimate of drug-likeness (QED) is 0.587. The highest BCUT2D eigenvalue weighted by Gasteiger charge is 2.30. The summed E-state index contributed by atoms with van der Waals surface area (Å²) in [4.78, 5) is 23.9. The number of nitrogens with one attached hydrogen (secondary N) is 1. The molecule has 0 aliphatic heterocycles. The number of carbonyl (C=O) groups excluding carboxylic acids is 2. The number of carbonyl (C=O) groups is 2. The van der Waals surface area contributed by atoms with Crippen molar-refractivity contribution < 1.29 is 32.2 Å². The molecular formula is C20H18F3NO4. The monoisotopic (exact) mass is 393 g/mol. The topological polar surface area (TPSA) is 64.6 Å². The van der Waals surface area contributed by atoms with E-state index in [0.29, 0.717) is 11.3 Å². The van der Waals surface area contributed by atoms with E-state index in [2.05, 4.69) is 5.32 Å².